The standard InChI is InChI=1S/C25H23N7O2/c33-24-19-5-4-16(12-17(19)13-29-24)21-7-6-20(23-26-8-11-32(21)23)30-18-14-27-22(28-15-18)25(34)31-9-2-1-3-10-31/h4-8,11-12,14-15,30H,1-3,9-10,13H2,(H,29,33). The largest absolute Gasteiger partial charge is 0.350 e. The molecule has 6 rings (SSSR count). The maximum atomic E-state index is 12.6. The van der Waals surface area contributed by atoms with Crippen molar-refractivity contribution in [2.75, 3.05) is 18.4 Å². The highest BCUT2D eigenvalue weighted by Gasteiger charge is 2.21. The Hall–Kier alpha value is -4.27. The lowest BCUT2D eigenvalue weighted by atomic mass is 10.0. The van der Waals surface area contributed by atoms with Gasteiger partial charge in [0.1, 0.15) is 0 Å². The fourth-order valence-electron chi connectivity index (χ4n) is 4.64. The van der Waals surface area contributed by atoms with Crippen LogP contribution in [0, 0.1) is 0 Å². The zero-order chi connectivity index (χ0) is 23.1. The average Bonchev–Trinajstić information content (AvgIpc) is 3.52. The molecule has 2 aliphatic heterocycles. The van der Waals surface area contributed by atoms with Crippen molar-refractivity contribution in [2.45, 2.75) is 25.8 Å². The molecule has 4 aromatic rings. The van der Waals surface area contributed by atoms with Crippen LogP contribution in [0.25, 0.3) is 16.9 Å². The van der Waals surface area contributed by atoms with E-state index in [-0.39, 0.29) is 17.6 Å². The highest BCUT2D eigenvalue weighted by molar-refractivity contribution is 5.99. The second-order valence-corrected chi connectivity index (χ2v) is 8.58. The Labute approximate surface area is 195 Å². The third-order valence-electron chi connectivity index (χ3n) is 6.40. The van der Waals surface area contributed by atoms with Crippen LogP contribution < -0.4 is 10.6 Å². The summed E-state index contributed by atoms with van der Waals surface area (Å²) in [6.07, 6.45) is 10.1. The predicted octanol–water partition coefficient (Wildman–Crippen LogP) is 3.40. The fraction of sp³-hybridized carbons (Fsp3) is 0.240. The molecule has 0 unspecified atom stereocenters. The van der Waals surface area contributed by atoms with Gasteiger partial charge in [0.15, 0.2) is 5.65 Å². The molecule has 9 nitrogen and oxygen atoms in total. The first-order valence-electron chi connectivity index (χ1n) is 11.4. The van der Waals surface area contributed by atoms with Crippen molar-refractivity contribution in [1.82, 2.24) is 29.6 Å². The minimum atomic E-state index is -0.113. The van der Waals surface area contributed by atoms with E-state index in [1.54, 1.807) is 18.6 Å². The molecule has 2 N–H and O–H groups in total. The molecule has 0 spiro atoms. The number of amides is 2. The number of rotatable bonds is 4. The second-order valence-electron chi connectivity index (χ2n) is 8.58. The first kappa shape index (κ1) is 20.3. The molecule has 0 bridgehead atoms. The van der Waals surface area contributed by atoms with E-state index in [4.69, 9.17) is 0 Å². The number of imidazole rings is 1. The molecule has 1 fully saturated rings. The Kier molecular flexibility index (Phi) is 4.94. The average molecular weight is 454 g/mol. The summed E-state index contributed by atoms with van der Waals surface area (Å²) in [7, 11) is 0. The molecule has 9 heteroatoms. The SMILES string of the molecule is O=C1NCc2cc(-c3ccc(Nc4cnc(C(=O)N5CCCCC5)nc4)c4nccn34)ccc21. The topological polar surface area (TPSA) is 105 Å². The van der Waals surface area contributed by atoms with E-state index < -0.39 is 0 Å². The van der Waals surface area contributed by atoms with Crippen LogP contribution in [0.4, 0.5) is 11.4 Å². The van der Waals surface area contributed by atoms with Crippen LogP contribution in [-0.4, -0.2) is 49.2 Å². The number of benzene rings is 1. The van der Waals surface area contributed by atoms with Gasteiger partial charge in [0.2, 0.25) is 5.82 Å². The number of hydrogen-bond acceptors (Lipinski definition) is 6. The predicted molar refractivity (Wildman–Crippen MR) is 127 cm³/mol. The molecular weight excluding hydrogens is 430 g/mol. The molecule has 0 atom stereocenters. The van der Waals surface area contributed by atoms with Gasteiger partial charge in [0, 0.05) is 37.6 Å². The molecule has 5 heterocycles. The smallest absolute Gasteiger partial charge is 0.291 e. The second kappa shape index (κ2) is 8.26. The molecule has 0 radical (unpaired) electrons. The van der Waals surface area contributed by atoms with Crippen LogP contribution in [0.1, 0.15) is 45.8 Å². The van der Waals surface area contributed by atoms with E-state index in [2.05, 4.69) is 25.6 Å². The molecule has 1 aromatic carbocycles. The minimum Gasteiger partial charge on any atom is -0.350 e. The highest BCUT2D eigenvalue weighted by Crippen LogP contribution is 2.29. The third-order valence-corrected chi connectivity index (χ3v) is 6.40. The Bertz CT molecular complexity index is 1400. The first-order chi connectivity index (χ1) is 16.7. The molecule has 170 valence electrons. The molecule has 34 heavy (non-hydrogen) atoms. The van der Waals surface area contributed by atoms with E-state index in [9.17, 15) is 9.59 Å². The molecule has 0 aliphatic carbocycles. The van der Waals surface area contributed by atoms with Gasteiger partial charge in [-0.3, -0.25) is 14.0 Å². The number of likely N-dealkylation sites (tertiary alicyclic amines) is 1. The number of fused-ring (bicyclic) bond motifs is 2. The Morgan fingerprint density at radius 1 is 1.00 bits per heavy atom. The highest BCUT2D eigenvalue weighted by atomic mass is 16.2. The lowest BCUT2D eigenvalue weighted by Gasteiger charge is -2.25. The van der Waals surface area contributed by atoms with Gasteiger partial charge < -0.3 is 15.5 Å². The van der Waals surface area contributed by atoms with Crippen LogP contribution in [0.15, 0.2) is 55.1 Å². The van der Waals surface area contributed by atoms with Crippen molar-refractivity contribution < 1.29 is 9.59 Å². The monoisotopic (exact) mass is 453 g/mol. The van der Waals surface area contributed by atoms with Gasteiger partial charge in [-0.05, 0) is 54.7 Å². The first-order valence-corrected chi connectivity index (χ1v) is 11.4. The zero-order valence-electron chi connectivity index (χ0n) is 18.5. The molecule has 2 aliphatic rings. The third kappa shape index (κ3) is 3.55. The number of carbonyl (C=O) groups is 2. The van der Waals surface area contributed by atoms with Gasteiger partial charge in [0.25, 0.3) is 11.8 Å². The lowest BCUT2D eigenvalue weighted by Crippen LogP contribution is -2.36. The molecule has 0 saturated carbocycles. The summed E-state index contributed by atoms with van der Waals surface area (Å²) in [4.78, 5) is 39.4. The van der Waals surface area contributed by atoms with Crippen molar-refractivity contribution >= 4 is 28.8 Å². The number of hydrogen-bond donors (Lipinski definition) is 2. The minimum absolute atomic E-state index is 0.0280. The Morgan fingerprint density at radius 3 is 2.65 bits per heavy atom. The number of piperidine rings is 1. The molecule has 2 amide bonds. The normalized spacial score (nSPS) is 15.3. The van der Waals surface area contributed by atoms with E-state index in [1.807, 2.05) is 45.8 Å². The van der Waals surface area contributed by atoms with Crippen LogP contribution in [0.5, 0.6) is 0 Å². The lowest BCUT2D eigenvalue weighted by molar-refractivity contribution is 0.0711. The summed E-state index contributed by atoms with van der Waals surface area (Å²) in [6.45, 7) is 2.08. The maximum absolute atomic E-state index is 12.6. The van der Waals surface area contributed by atoms with Crippen molar-refractivity contribution in [3.8, 4) is 11.3 Å². The van der Waals surface area contributed by atoms with Gasteiger partial charge in [-0.25, -0.2) is 15.0 Å². The summed E-state index contributed by atoms with van der Waals surface area (Å²) in [5.74, 6) is 0.0792. The van der Waals surface area contributed by atoms with Crippen LogP contribution in [-0.2, 0) is 6.54 Å². The van der Waals surface area contributed by atoms with Gasteiger partial charge in [-0.2, -0.15) is 0 Å². The van der Waals surface area contributed by atoms with E-state index >= 15 is 0 Å². The van der Waals surface area contributed by atoms with Gasteiger partial charge in [0.05, 0.1) is 29.5 Å². The Morgan fingerprint density at radius 2 is 1.82 bits per heavy atom. The number of nitrogens with zero attached hydrogens (tertiary/aromatic N) is 5. The van der Waals surface area contributed by atoms with Crippen molar-refractivity contribution in [3.05, 3.63) is 72.1 Å². The fourth-order valence-corrected chi connectivity index (χ4v) is 4.64. The molecule has 3 aromatic heterocycles. The van der Waals surface area contributed by atoms with Gasteiger partial charge >= 0.3 is 0 Å². The number of anilines is 2. The number of aromatic nitrogens is 4. The van der Waals surface area contributed by atoms with Crippen molar-refractivity contribution in [1.29, 1.82) is 0 Å². The quantitative estimate of drug-likeness (QED) is 0.491. The molecular formula is C25H23N7O2. The number of pyridine rings is 1. The summed E-state index contributed by atoms with van der Waals surface area (Å²) < 4.78 is 2.00. The maximum Gasteiger partial charge on any atom is 0.291 e. The summed E-state index contributed by atoms with van der Waals surface area (Å²) in [5, 5.41) is 6.17. The number of nitrogens with one attached hydrogen (secondary N) is 2. The molecule has 1 saturated heterocycles. The van der Waals surface area contributed by atoms with Crippen LogP contribution >= 0.6 is 0 Å². The van der Waals surface area contributed by atoms with E-state index in [0.717, 1.165) is 66.1 Å². The van der Waals surface area contributed by atoms with Crippen LogP contribution in [0.2, 0.25) is 0 Å². The zero-order valence-corrected chi connectivity index (χ0v) is 18.5. The summed E-state index contributed by atoms with van der Waals surface area (Å²) in [6, 6.07) is 9.84. The van der Waals surface area contributed by atoms with Crippen molar-refractivity contribution in [2.24, 2.45) is 0 Å². The Balaban J connectivity index is 1.26. The van der Waals surface area contributed by atoms with Crippen molar-refractivity contribution in [3.63, 3.8) is 0 Å². The van der Waals surface area contributed by atoms with E-state index in [0.29, 0.717) is 12.2 Å². The van der Waals surface area contributed by atoms with E-state index in [1.165, 1.54) is 0 Å². The van der Waals surface area contributed by atoms with Gasteiger partial charge in [-0.1, -0.05) is 6.07 Å². The number of carbonyl (C=O) groups excluding carboxylic acids is 2. The van der Waals surface area contributed by atoms with Crippen LogP contribution in [0.3, 0.4) is 0 Å². The van der Waals surface area contributed by atoms with Gasteiger partial charge in [-0.15, -0.1) is 0 Å². The summed E-state index contributed by atoms with van der Waals surface area (Å²) in [5.41, 5.74) is 5.93. The summed E-state index contributed by atoms with van der Waals surface area (Å²) >= 11 is 0.